The molecule has 1 heterocycles. The zero-order valence-corrected chi connectivity index (χ0v) is 14.8. The van der Waals surface area contributed by atoms with Gasteiger partial charge in [0.2, 0.25) is 0 Å². The van der Waals surface area contributed by atoms with Gasteiger partial charge in [-0.05, 0) is 19.1 Å². The normalized spacial score (nSPS) is 20.0. The molecule has 25 heavy (non-hydrogen) atoms. The van der Waals surface area contributed by atoms with E-state index in [-0.39, 0.29) is 11.6 Å². The second-order valence-electron chi connectivity index (χ2n) is 6.70. The molecular weight excluding hydrogens is 336 g/mol. The maximum atomic E-state index is 12.9. The molecule has 1 aliphatic carbocycles. The number of hydrogen-bond acceptors (Lipinski definition) is 4. The molecule has 128 valence electrons. The Kier molecular flexibility index (Phi) is 3.89. The maximum absolute atomic E-state index is 12.9. The zero-order valence-electron chi connectivity index (χ0n) is 14.0. The fourth-order valence-corrected chi connectivity index (χ4v) is 4.15. The molecule has 0 bridgehead atoms. The summed E-state index contributed by atoms with van der Waals surface area (Å²) in [4.78, 5) is 30.1. The summed E-state index contributed by atoms with van der Waals surface area (Å²) >= 11 is 6.29. The van der Waals surface area contributed by atoms with Crippen LogP contribution >= 0.6 is 11.6 Å². The smallest absolute Gasteiger partial charge is 0.191 e. The molecule has 2 aromatic carbocycles. The molecule has 1 saturated heterocycles. The van der Waals surface area contributed by atoms with Crippen LogP contribution in [0.2, 0.25) is 5.02 Å². The average Bonchev–Trinajstić information content (AvgIpc) is 2.85. The van der Waals surface area contributed by atoms with Crippen molar-refractivity contribution in [1.29, 1.82) is 0 Å². The van der Waals surface area contributed by atoms with E-state index >= 15 is 0 Å². The van der Waals surface area contributed by atoms with E-state index in [1.807, 2.05) is 41.3 Å². The molecule has 0 amide bonds. The summed E-state index contributed by atoms with van der Waals surface area (Å²) in [6.45, 7) is 4.52. The molecule has 1 fully saturated rings. The summed E-state index contributed by atoms with van der Waals surface area (Å²) < 4.78 is 0. The molecule has 0 aromatic heterocycles. The highest BCUT2D eigenvalue weighted by molar-refractivity contribution is 6.33. The second-order valence-corrected chi connectivity index (χ2v) is 7.11. The standard InChI is InChI=1S/C20H19ClN2O2/c1-20(18(24)14-6-2-3-7-15(14)19(20)25)23-12-10-22(11-13-23)17-9-5-4-8-16(17)21/h2-9H,10-13H2,1H3. The summed E-state index contributed by atoms with van der Waals surface area (Å²) in [7, 11) is 0. The fourth-order valence-electron chi connectivity index (χ4n) is 3.90. The molecular formula is C20H19ClN2O2. The van der Waals surface area contributed by atoms with Crippen molar-refractivity contribution in [3.63, 3.8) is 0 Å². The highest BCUT2D eigenvalue weighted by Crippen LogP contribution is 2.36. The SMILES string of the molecule is CC1(N2CCN(c3ccccc3Cl)CC2)C(=O)c2ccccc2C1=O. The predicted octanol–water partition coefficient (Wildman–Crippen LogP) is 3.30. The number of rotatable bonds is 2. The van der Waals surface area contributed by atoms with Crippen LogP contribution in [0.1, 0.15) is 27.6 Å². The minimum absolute atomic E-state index is 0.0840. The van der Waals surface area contributed by atoms with E-state index in [2.05, 4.69) is 4.90 Å². The van der Waals surface area contributed by atoms with Gasteiger partial charge < -0.3 is 4.90 Å². The molecule has 2 aliphatic rings. The van der Waals surface area contributed by atoms with Crippen molar-refractivity contribution in [3.8, 4) is 0 Å². The lowest BCUT2D eigenvalue weighted by Crippen LogP contribution is -2.61. The number of nitrogens with zero attached hydrogens (tertiary/aromatic N) is 2. The number of anilines is 1. The molecule has 5 heteroatoms. The topological polar surface area (TPSA) is 40.6 Å². The summed E-state index contributed by atoms with van der Waals surface area (Å²) in [5.74, 6) is -0.168. The predicted molar refractivity (Wildman–Crippen MR) is 98.7 cm³/mol. The Hall–Kier alpha value is -2.17. The first-order valence-corrected chi connectivity index (χ1v) is 8.84. The lowest BCUT2D eigenvalue weighted by atomic mass is 9.92. The van der Waals surface area contributed by atoms with Crippen LogP contribution in [0.3, 0.4) is 0 Å². The van der Waals surface area contributed by atoms with Crippen LogP contribution in [0.5, 0.6) is 0 Å². The molecule has 0 unspecified atom stereocenters. The first-order valence-electron chi connectivity index (χ1n) is 8.46. The summed E-state index contributed by atoms with van der Waals surface area (Å²) in [6, 6.07) is 14.9. The zero-order chi connectivity index (χ0) is 17.6. The number of carbonyl (C=O) groups excluding carboxylic acids is 2. The Labute approximate surface area is 152 Å². The third-order valence-electron chi connectivity index (χ3n) is 5.41. The summed E-state index contributed by atoms with van der Waals surface area (Å²) in [5, 5.41) is 0.725. The molecule has 0 spiro atoms. The third kappa shape index (κ3) is 2.40. The largest absolute Gasteiger partial charge is 0.368 e. The van der Waals surface area contributed by atoms with Crippen LogP contribution < -0.4 is 4.90 Å². The van der Waals surface area contributed by atoms with Gasteiger partial charge in [0, 0.05) is 37.3 Å². The average molecular weight is 355 g/mol. The van der Waals surface area contributed by atoms with E-state index in [1.54, 1.807) is 19.1 Å². The van der Waals surface area contributed by atoms with Gasteiger partial charge in [0.25, 0.3) is 0 Å². The molecule has 0 atom stereocenters. The van der Waals surface area contributed by atoms with Gasteiger partial charge >= 0.3 is 0 Å². The van der Waals surface area contributed by atoms with Crippen LogP contribution in [-0.4, -0.2) is 48.2 Å². The van der Waals surface area contributed by atoms with Crippen LogP contribution in [0, 0.1) is 0 Å². The van der Waals surface area contributed by atoms with Crippen molar-refractivity contribution in [2.45, 2.75) is 12.5 Å². The number of para-hydroxylation sites is 1. The molecule has 1 aliphatic heterocycles. The highest BCUT2D eigenvalue weighted by atomic mass is 35.5. The lowest BCUT2D eigenvalue weighted by molar-refractivity contribution is 0.0517. The van der Waals surface area contributed by atoms with Crippen LogP contribution in [0.15, 0.2) is 48.5 Å². The Morgan fingerprint density at radius 3 is 1.92 bits per heavy atom. The van der Waals surface area contributed by atoms with E-state index in [0.29, 0.717) is 24.2 Å². The van der Waals surface area contributed by atoms with Crippen LogP contribution in [0.25, 0.3) is 0 Å². The monoisotopic (exact) mass is 354 g/mol. The second kappa shape index (κ2) is 5.97. The lowest BCUT2D eigenvalue weighted by Gasteiger charge is -2.42. The number of piperazine rings is 1. The van der Waals surface area contributed by atoms with Gasteiger partial charge in [0.05, 0.1) is 10.7 Å². The maximum Gasteiger partial charge on any atom is 0.191 e. The van der Waals surface area contributed by atoms with Crippen molar-refractivity contribution >= 4 is 28.9 Å². The van der Waals surface area contributed by atoms with E-state index in [9.17, 15) is 9.59 Å². The Morgan fingerprint density at radius 2 is 1.36 bits per heavy atom. The third-order valence-corrected chi connectivity index (χ3v) is 5.73. The van der Waals surface area contributed by atoms with Gasteiger partial charge in [-0.3, -0.25) is 14.5 Å². The highest BCUT2D eigenvalue weighted by Gasteiger charge is 2.53. The Bertz CT molecular complexity index is 821. The first-order chi connectivity index (χ1) is 12.0. The molecule has 0 N–H and O–H groups in total. The molecule has 4 rings (SSSR count). The van der Waals surface area contributed by atoms with Gasteiger partial charge in [-0.15, -0.1) is 0 Å². The quantitative estimate of drug-likeness (QED) is 0.776. The Balaban J connectivity index is 1.56. The number of halogens is 1. The number of benzene rings is 2. The van der Waals surface area contributed by atoms with Gasteiger partial charge in [-0.1, -0.05) is 48.0 Å². The van der Waals surface area contributed by atoms with Crippen molar-refractivity contribution in [3.05, 3.63) is 64.7 Å². The van der Waals surface area contributed by atoms with E-state index in [1.165, 1.54) is 0 Å². The van der Waals surface area contributed by atoms with E-state index in [4.69, 9.17) is 11.6 Å². The van der Waals surface area contributed by atoms with Gasteiger partial charge in [0.1, 0.15) is 5.54 Å². The number of hydrogen-bond donors (Lipinski definition) is 0. The minimum atomic E-state index is -1.09. The molecule has 4 nitrogen and oxygen atoms in total. The summed E-state index contributed by atoms with van der Waals surface area (Å²) in [5.41, 5.74) is 1.00. The van der Waals surface area contributed by atoms with Crippen molar-refractivity contribution in [2.75, 3.05) is 31.1 Å². The van der Waals surface area contributed by atoms with Crippen LogP contribution in [0.4, 0.5) is 5.69 Å². The number of ketones is 2. The van der Waals surface area contributed by atoms with Crippen molar-refractivity contribution < 1.29 is 9.59 Å². The Morgan fingerprint density at radius 1 is 0.840 bits per heavy atom. The van der Waals surface area contributed by atoms with Gasteiger partial charge in [-0.25, -0.2) is 0 Å². The van der Waals surface area contributed by atoms with E-state index < -0.39 is 5.54 Å². The molecule has 0 radical (unpaired) electrons. The number of carbonyl (C=O) groups is 2. The molecule has 0 saturated carbocycles. The molecule has 2 aromatic rings. The van der Waals surface area contributed by atoms with Gasteiger partial charge in [0.15, 0.2) is 11.6 Å². The van der Waals surface area contributed by atoms with Gasteiger partial charge in [-0.2, -0.15) is 0 Å². The minimum Gasteiger partial charge on any atom is -0.368 e. The number of Topliss-reactive ketones (excluding diaryl/α,β-unsaturated/α-hetero) is 2. The fraction of sp³-hybridized carbons (Fsp3) is 0.300. The number of fused-ring (bicyclic) bond motifs is 1. The van der Waals surface area contributed by atoms with E-state index in [0.717, 1.165) is 23.8 Å². The van der Waals surface area contributed by atoms with Crippen molar-refractivity contribution in [1.82, 2.24) is 4.90 Å². The summed E-state index contributed by atoms with van der Waals surface area (Å²) in [6.07, 6.45) is 0. The first kappa shape index (κ1) is 16.3. The van der Waals surface area contributed by atoms with Crippen LogP contribution in [-0.2, 0) is 0 Å². The van der Waals surface area contributed by atoms with Crippen molar-refractivity contribution in [2.24, 2.45) is 0 Å².